The van der Waals surface area contributed by atoms with Crippen molar-refractivity contribution in [3.05, 3.63) is 29.8 Å². The molecule has 1 fully saturated rings. The highest BCUT2D eigenvalue weighted by molar-refractivity contribution is 5.85. The lowest BCUT2D eigenvalue weighted by atomic mass is 10.1. The molecule has 0 unspecified atom stereocenters. The zero-order valence-corrected chi connectivity index (χ0v) is 13.4. The van der Waals surface area contributed by atoms with Gasteiger partial charge in [0.15, 0.2) is 0 Å². The van der Waals surface area contributed by atoms with Gasteiger partial charge in [-0.25, -0.2) is 0 Å². The molecule has 1 aromatic carbocycles. The minimum absolute atomic E-state index is 0. The van der Waals surface area contributed by atoms with Crippen LogP contribution in [-0.4, -0.2) is 48.4 Å². The van der Waals surface area contributed by atoms with Crippen LogP contribution in [0.1, 0.15) is 12.5 Å². The third-order valence-corrected chi connectivity index (χ3v) is 3.51. The van der Waals surface area contributed by atoms with Gasteiger partial charge in [0.1, 0.15) is 0 Å². The first kappa shape index (κ1) is 19.0. The summed E-state index contributed by atoms with van der Waals surface area (Å²) in [4.78, 5) is 16.5. The van der Waals surface area contributed by atoms with Gasteiger partial charge in [-0.2, -0.15) is 0 Å². The number of benzene rings is 1. The maximum atomic E-state index is 12.1. The number of hydrogen-bond acceptors (Lipinski definition) is 3. The summed E-state index contributed by atoms with van der Waals surface area (Å²) in [6.45, 7) is 6.91. The largest absolute Gasteiger partial charge is 0.399 e. The van der Waals surface area contributed by atoms with Gasteiger partial charge in [0.25, 0.3) is 0 Å². The van der Waals surface area contributed by atoms with E-state index >= 15 is 0 Å². The number of anilines is 1. The molecule has 0 aromatic heterocycles. The minimum Gasteiger partial charge on any atom is -0.399 e. The number of nitrogen functional groups attached to an aromatic ring is 1. The summed E-state index contributed by atoms with van der Waals surface area (Å²) in [7, 11) is 0. The van der Waals surface area contributed by atoms with Crippen LogP contribution in [0.15, 0.2) is 24.3 Å². The fourth-order valence-corrected chi connectivity index (χ4v) is 2.24. The van der Waals surface area contributed by atoms with E-state index in [0.29, 0.717) is 6.42 Å². The summed E-state index contributed by atoms with van der Waals surface area (Å²) < 4.78 is 0. The quantitative estimate of drug-likeness (QED) is 0.865. The van der Waals surface area contributed by atoms with Gasteiger partial charge >= 0.3 is 0 Å². The van der Waals surface area contributed by atoms with Crippen molar-refractivity contribution in [2.24, 2.45) is 0 Å². The molecule has 4 nitrogen and oxygen atoms in total. The second-order valence-electron chi connectivity index (χ2n) is 4.73. The number of carbonyl (C=O) groups is 1. The molecule has 114 valence electrons. The molecule has 1 amide bonds. The smallest absolute Gasteiger partial charge is 0.227 e. The normalized spacial score (nSPS) is 15.2. The Bertz CT molecular complexity index is 403. The van der Waals surface area contributed by atoms with Crippen LogP contribution in [0.3, 0.4) is 0 Å². The number of likely N-dealkylation sites (N-methyl/N-ethyl adjacent to an activating group) is 1. The molecular weight excluding hydrogens is 297 g/mol. The van der Waals surface area contributed by atoms with E-state index < -0.39 is 0 Å². The number of rotatable bonds is 3. The van der Waals surface area contributed by atoms with Gasteiger partial charge in [-0.1, -0.05) is 19.1 Å². The molecule has 0 atom stereocenters. The van der Waals surface area contributed by atoms with E-state index in [1.165, 1.54) is 0 Å². The molecule has 6 heteroatoms. The van der Waals surface area contributed by atoms with Gasteiger partial charge in [0.05, 0.1) is 6.42 Å². The highest BCUT2D eigenvalue weighted by Crippen LogP contribution is 2.09. The van der Waals surface area contributed by atoms with E-state index in [-0.39, 0.29) is 30.7 Å². The standard InChI is InChI=1S/C14H21N3O.2ClH/c1-2-16-7-9-17(10-8-16)14(18)11-12-3-5-13(15)6-4-12;;/h3-6H,2,7-11,15H2,1H3;2*1H. The van der Waals surface area contributed by atoms with Crippen LogP contribution in [0, 0.1) is 0 Å². The van der Waals surface area contributed by atoms with Crippen LogP contribution >= 0.6 is 24.8 Å². The van der Waals surface area contributed by atoms with Crippen molar-refractivity contribution in [1.29, 1.82) is 0 Å². The Balaban J connectivity index is 0.00000180. The maximum Gasteiger partial charge on any atom is 0.227 e. The number of carbonyl (C=O) groups excluding carboxylic acids is 1. The molecule has 0 bridgehead atoms. The van der Waals surface area contributed by atoms with Crippen LogP contribution in [0.2, 0.25) is 0 Å². The highest BCUT2D eigenvalue weighted by Gasteiger charge is 2.19. The molecule has 1 heterocycles. The number of amides is 1. The molecule has 1 aliphatic heterocycles. The predicted molar refractivity (Wildman–Crippen MR) is 87.7 cm³/mol. The third-order valence-electron chi connectivity index (χ3n) is 3.51. The lowest BCUT2D eigenvalue weighted by Crippen LogP contribution is -2.48. The molecule has 2 N–H and O–H groups in total. The van der Waals surface area contributed by atoms with Crippen LogP contribution in [-0.2, 0) is 11.2 Å². The molecule has 0 spiro atoms. The molecule has 0 radical (unpaired) electrons. The molecule has 20 heavy (non-hydrogen) atoms. The Kier molecular flexibility index (Phi) is 8.62. The summed E-state index contributed by atoms with van der Waals surface area (Å²) in [5.41, 5.74) is 7.40. The van der Waals surface area contributed by atoms with E-state index in [4.69, 9.17) is 5.73 Å². The van der Waals surface area contributed by atoms with Crippen molar-refractivity contribution in [2.75, 3.05) is 38.5 Å². The Labute approximate surface area is 133 Å². The van der Waals surface area contributed by atoms with Crippen LogP contribution in [0.5, 0.6) is 0 Å². The Morgan fingerprint density at radius 2 is 1.65 bits per heavy atom. The second-order valence-corrected chi connectivity index (χ2v) is 4.73. The Hall–Kier alpha value is -0.970. The molecule has 0 aliphatic carbocycles. The fourth-order valence-electron chi connectivity index (χ4n) is 2.24. The number of hydrogen-bond donors (Lipinski definition) is 1. The van der Waals surface area contributed by atoms with E-state index in [9.17, 15) is 4.79 Å². The van der Waals surface area contributed by atoms with Crippen molar-refractivity contribution in [3.8, 4) is 0 Å². The Morgan fingerprint density at radius 1 is 1.10 bits per heavy atom. The average molecular weight is 320 g/mol. The molecule has 1 aromatic rings. The zero-order chi connectivity index (χ0) is 13.0. The molecule has 1 aliphatic rings. The summed E-state index contributed by atoms with van der Waals surface area (Å²) in [5.74, 6) is 0.218. The van der Waals surface area contributed by atoms with E-state index in [0.717, 1.165) is 44.0 Å². The van der Waals surface area contributed by atoms with Gasteiger partial charge in [0, 0.05) is 31.9 Å². The maximum absolute atomic E-state index is 12.1. The highest BCUT2D eigenvalue weighted by atomic mass is 35.5. The monoisotopic (exact) mass is 319 g/mol. The van der Waals surface area contributed by atoms with Crippen LogP contribution in [0.4, 0.5) is 5.69 Å². The fraction of sp³-hybridized carbons (Fsp3) is 0.500. The van der Waals surface area contributed by atoms with Crippen LogP contribution < -0.4 is 5.73 Å². The van der Waals surface area contributed by atoms with E-state index in [1.54, 1.807) is 0 Å². The number of piperazine rings is 1. The van der Waals surface area contributed by atoms with E-state index in [2.05, 4.69) is 11.8 Å². The number of nitrogens with two attached hydrogens (primary N) is 1. The summed E-state index contributed by atoms with van der Waals surface area (Å²) in [6, 6.07) is 7.54. The summed E-state index contributed by atoms with van der Waals surface area (Å²) >= 11 is 0. The van der Waals surface area contributed by atoms with Gasteiger partial charge in [-0.3, -0.25) is 4.79 Å². The number of nitrogens with zero attached hydrogens (tertiary/aromatic N) is 2. The van der Waals surface area contributed by atoms with Crippen molar-refractivity contribution < 1.29 is 4.79 Å². The topological polar surface area (TPSA) is 49.6 Å². The first-order chi connectivity index (χ1) is 8.69. The summed E-state index contributed by atoms with van der Waals surface area (Å²) in [5, 5.41) is 0. The lowest BCUT2D eigenvalue weighted by molar-refractivity contribution is -0.132. The van der Waals surface area contributed by atoms with E-state index in [1.807, 2.05) is 29.2 Å². The first-order valence-corrected chi connectivity index (χ1v) is 6.53. The average Bonchev–Trinajstić information content (AvgIpc) is 2.41. The second kappa shape index (κ2) is 9.06. The van der Waals surface area contributed by atoms with Crippen molar-refractivity contribution in [1.82, 2.24) is 9.80 Å². The summed E-state index contributed by atoms with van der Waals surface area (Å²) in [6.07, 6.45) is 0.479. The van der Waals surface area contributed by atoms with Crippen molar-refractivity contribution in [2.45, 2.75) is 13.3 Å². The molecular formula is C14H23Cl2N3O. The Morgan fingerprint density at radius 3 is 2.15 bits per heavy atom. The minimum atomic E-state index is 0. The van der Waals surface area contributed by atoms with Crippen molar-refractivity contribution in [3.63, 3.8) is 0 Å². The third kappa shape index (κ3) is 5.19. The predicted octanol–water partition coefficient (Wildman–Crippen LogP) is 1.82. The van der Waals surface area contributed by atoms with Gasteiger partial charge in [-0.05, 0) is 24.2 Å². The zero-order valence-electron chi connectivity index (χ0n) is 11.7. The molecule has 1 saturated heterocycles. The molecule has 0 saturated carbocycles. The van der Waals surface area contributed by atoms with Crippen molar-refractivity contribution >= 4 is 36.4 Å². The van der Waals surface area contributed by atoms with Gasteiger partial charge in [-0.15, -0.1) is 24.8 Å². The number of halogens is 2. The van der Waals surface area contributed by atoms with Gasteiger partial charge < -0.3 is 15.5 Å². The lowest BCUT2D eigenvalue weighted by Gasteiger charge is -2.34. The molecule has 2 rings (SSSR count). The SMILES string of the molecule is CCN1CCN(C(=O)Cc2ccc(N)cc2)CC1.Cl.Cl. The van der Waals surface area contributed by atoms with Gasteiger partial charge in [0.2, 0.25) is 5.91 Å². The van der Waals surface area contributed by atoms with Crippen LogP contribution in [0.25, 0.3) is 0 Å². The first-order valence-electron chi connectivity index (χ1n) is 6.53.